The first kappa shape index (κ1) is 20.3. The van der Waals surface area contributed by atoms with Crippen molar-refractivity contribution in [2.24, 2.45) is 0 Å². The molecule has 0 saturated carbocycles. The third-order valence-corrected chi connectivity index (χ3v) is 5.94. The predicted molar refractivity (Wildman–Crippen MR) is 99.0 cm³/mol. The fourth-order valence-corrected chi connectivity index (χ4v) is 3.69. The van der Waals surface area contributed by atoms with Gasteiger partial charge in [-0.3, -0.25) is 0 Å². The van der Waals surface area contributed by atoms with Crippen LogP contribution in [0.25, 0.3) is 0 Å². The van der Waals surface area contributed by atoms with Gasteiger partial charge in [-0.15, -0.1) is 10.2 Å². The Kier molecular flexibility index (Phi) is 6.30. The lowest BCUT2D eigenvalue weighted by molar-refractivity contribution is 0.234. The normalized spacial score (nSPS) is 11.7. The molecule has 1 heterocycles. The largest absolute Gasteiger partial charge is 0.484 e. The minimum Gasteiger partial charge on any atom is -0.484 e. The van der Waals surface area contributed by atoms with E-state index in [1.54, 1.807) is 0 Å². The van der Waals surface area contributed by atoms with Crippen LogP contribution in [0, 0.1) is 6.92 Å². The Bertz CT molecular complexity index is 1040. The van der Waals surface area contributed by atoms with Crippen LogP contribution in [0.15, 0.2) is 63.1 Å². The van der Waals surface area contributed by atoms with Gasteiger partial charge in [-0.1, -0.05) is 36.0 Å². The van der Waals surface area contributed by atoms with Crippen LogP contribution in [0.3, 0.4) is 0 Å². The molecule has 2 aromatic carbocycles. The SMILES string of the molecule is Cc1cccc(OCc2nnc(SCc3ccc(S(=O)(=O)C(F)F)cc3)o2)c1. The fourth-order valence-electron chi connectivity index (χ4n) is 2.23. The molecule has 148 valence electrons. The van der Waals surface area contributed by atoms with Gasteiger partial charge in [-0.25, -0.2) is 8.42 Å². The molecule has 0 spiro atoms. The number of aromatic nitrogens is 2. The molecule has 0 aliphatic carbocycles. The molecule has 3 rings (SSSR count). The molecule has 0 N–H and O–H groups in total. The van der Waals surface area contributed by atoms with Crippen molar-refractivity contribution in [1.82, 2.24) is 10.2 Å². The number of sulfone groups is 1. The summed E-state index contributed by atoms with van der Waals surface area (Å²) in [5.74, 6) is -2.00. The van der Waals surface area contributed by atoms with Crippen molar-refractivity contribution < 1.29 is 26.4 Å². The Hall–Kier alpha value is -2.46. The van der Waals surface area contributed by atoms with Gasteiger partial charge < -0.3 is 9.15 Å². The number of halogens is 2. The smallest absolute Gasteiger partial charge is 0.341 e. The molecule has 0 amide bonds. The Labute approximate surface area is 164 Å². The van der Waals surface area contributed by atoms with Gasteiger partial charge in [0.1, 0.15) is 5.75 Å². The van der Waals surface area contributed by atoms with Gasteiger partial charge in [0.2, 0.25) is 9.84 Å². The van der Waals surface area contributed by atoms with Crippen LogP contribution >= 0.6 is 11.8 Å². The maximum Gasteiger partial charge on any atom is 0.341 e. The van der Waals surface area contributed by atoms with E-state index >= 15 is 0 Å². The summed E-state index contributed by atoms with van der Waals surface area (Å²) >= 11 is 1.24. The van der Waals surface area contributed by atoms with E-state index in [1.807, 2.05) is 31.2 Å². The summed E-state index contributed by atoms with van der Waals surface area (Å²) in [6.07, 6.45) is 0. The van der Waals surface area contributed by atoms with Gasteiger partial charge in [-0.05, 0) is 42.3 Å². The summed E-state index contributed by atoms with van der Waals surface area (Å²) in [5.41, 5.74) is 1.81. The van der Waals surface area contributed by atoms with E-state index in [-0.39, 0.29) is 6.61 Å². The van der Waals surface area contributed by atoms with E-state index in [0.29, 0.717) is 22.6 Å². The molecule has 0 aliphatic heterocycles. The summed E-state index contributed by atoms with van der Waals surface area (Å²) in [6, 6.07) is 12.8. The van der Waals surface area contributed by atoms with E-state index in [2.05, 4.69) is 10.2 Å². The zero-order chi connectivity index (χ0) is 20.1. The monoisotopic (exact) mass is 426 g/mol. The van der Waals surface area contributed by atoms with E-state index < -0.39 is 20.5 Å². The molecule has 0 radical (unpaired) electrons. The molecule has 0 fully saturated rings. The highest BCUT2D eigenvalue weighted by Crippen LogP contribution is 2.24. The number of rotatable bonds is 8. The zero-order valence-corrected chi connectivity index (χ0v) is 16.3. The second-order valence-corrected chi connectivity index (χ2v) is 8.65. The minimum absolute atomic E-state index is 0.136. The molecule has 28 heavy (non-hydrogen) atoms. The molecular weight excluding hydrogens is 410 g/mol. The highest BCUT2D eigenvalue weighted by molar-refractivity contribution is 7.98. The number of hydrogen-bond acceptors (Lipinski definition) is 7. The number of aryl methyl sites for hydroxylation is 1. The number of benzene rings is 2. The van der Waals surface area contributed by atoms with Gasteiger partial charge in [0.05, 0.1) is 4.90 Å². The van der Waals surface area contributed by atoms with Crippen molar-refractivity contribution in [1.29, 1.82) is 0 Å². The molecular formula is C18H16F2N2O4S2. The summed E-state index contributed by atoms with van der Waals surface area (Å²) in [6.45, 7) is 2.10. The molecule has 3 aromatic rings. The van der Waals surface area contributed by atoms with Gasteiger partial charge in [0.25, 0.3) is 11.1 Å². The van der Waals surface area contributed by atoms with E-state index in [9.17, 15) is 17.2 Å². The van der Waals surface area contributed by atoms with Crippen LogP contribution in [-0.2, 0) is 22.2 Å². The quantitative estimate of drug-likeness (QED) is 0.498. The van der Waals surface area contributed by atoms with Gasteiger partial charge in [0.15, 0.2) is 6.61 Å². The third kappa shape index (κ3) is 5.08. The molecule has 0 aliphatic rings. The molecule has 0 atom stereocenters. The molecule has 6 nitrogen and oxygen atoms in total. The van der Waals surface area contributed by atoms with E-state index in [4.69, 9.17) is 9.15 Å². The fraction of sp³-hybridized carbons (Fsp3) is 0.222. The van der Waals surface area contributed by atoms with Crippen LogP contribution in [0.5, 0.6) is 5.75 Å². The van der Waals surface area contributed by atoms with Crippen molar-refractivity contribution in [3.63, 3.8) is 0 Å². The highest BCUT2D eigenvalue weighted by Gasteiger charge is 2.26. The summed E-state index contributed by atoms with van der Waals surface area (Å²) < 4.78 is 59.0. The standard InChI is InChI=1S/C18H16F2N2O4S2/c1-12-3-2-4-14(9-12)25-10-16-21-22-18(26-16)27-11-13-5-7-15(8-6-13)28(23,24)17(19)20/h2-9,17H,10-11H2,1H3. The first-order valence-corrected chi connectivity index (χ1v) is 10.6. The van der Waals surface area contributed by atoms with Crippen LogP contribution in [0.4, 0.5) is 8.78 Å². The highest BCUT2D eigenvalue weighted by atomic mass is 32.2. The first-order valence-electron chi connectivity index (χ1n) is 8.10. The molecule has 0 unspecified atom stereocenters. The zero-order valence-electron chi connectivity index (χ0n) is 14.7. The number of thioether (sulfide) groups is 1. The third-order valence-electron chi connectivity index (χ3n) is 3.65. The Morgan fingerprint density at radius 1 is 1.14 bits per heavy atom. The van der Waals surface area contributed by atoms with Gasteiger partial charge >= 0.3 is 5.76 Å². The second-order valence-electron chi connectivity index (χ2n) is 5.81. The number of ether oxygens (including phenoxy) is 1. The first-order chi connectivity index (χ1) is 13.3. The Balaban J connectivity index is 1.54. The average Bonchev–Trinajstić information content (AvgIpc) is 3.13. The van der Waals surface area contributed by atoms with Crippen molar-refractivity contribution >= 4 is 21.6 Å². The van der Waals surface area contributed by atoms with Gasteiger partial charge in [-0.2, -0.15) is 8.78 Å². The van der Waals surface area contributed by atoms with Crippen molar-refractivity contribution in [3.8, 4) is 5.75 Å². The van der Waals surface area contributed by atoms with Crippen molar-refractivity contribution in [2.45, 2.75) is 35.2 Å². The van der Waals surface area contributed by atoms with E-state index in [0.717, 1.165) is 23.3 Å². The van der Waals surface area contributed by atoms with E-state index in [1.165, 1.54) is 23.9 Å². The lowest BCUT2D eigenvalue weighted by atomic mass is 10.2. The van der Waals surface area contributed by atoms with Crippen LogP contribution in [0.1, 0.15) is 17.0 Å². The average molecular weight is 426 g/mol. The van der Waals surface area contributed by atoms with Crippen LogP contribution in [0.2, 0.25) is 0 Å². The summed E-state index contributed by atoms with van der Waals surface area (Å²) in [5, 5.41) is 8.15. The predicted octanol–water partition coefficient (Wildman–Crippen LogP) is 4.25. The number of nitrogens with zero attached hydrogens (tertiary/aromatic N) is 2. The van der Waals surface area contributed by atoms with Crippen LogP contribution < -0.4 is 4.74 Å². The minimum atomic E-state index is -4.58. The molecule has 0 bridgehead atoms. The summed E-state index contributed by atoms with van der Waals surface area (Å²) in [4.78, 5) is -0.412. The molecule has 0 saturated heterocycles. The lowest BCUT2D eigenvalue weighted by Gasteiger charge is -2.04. The summed E-state index contributed by atoms with van der Waals surface area (Å²) in [7, 11) is -4.58. The van der Waals surface area contributed by atoms with Crippen molar-refractivity contribution in [3.05, 3.63) is 65.5 Å². The molecule has 1 aromatic heterocycles. The Morgan fingerprint density at radius 3 is 2.57 bits per heavy atom. The van der Waals surface area contributed by atoms with Gasteiger partial charge in [0, 0.05) is 5.75 Å². The molecule has 10 heteroatoms. The second kappa shape index (κ2) is 8.70. The maximum atomic E-state index is 12.5. The Morgan fingerprint density at radius 2 is 1.89 bits per heavy atom. The van der Waals surface area contributed by atoms with Crippen molar-refractivity contribution in [2.75, 3.05) is 0 Å². The topological polar surface area (TPSA) is 82.3 Å². The number of hydrogen-bond donors (Lipinski definition) is 0. The maximum absolute atomic E-state index is 12.5. The van der Waals surface area contributed by atoms with Crippen LogP contribution in [-0.4, -0.2) is 24.4 Å². The number of alkyl halides is 2. The lowest BCUT2D eigenvalue weighted by Crippen LogP contribution is -2.11.